The summed E-state index contributed by atoms with van der Waals surface area (Å²) >= 11 is 3.40. The lowest BCUT2D eigenvalue weighted by molar-refractivity contribution is 0.0985. The number of nitrogens with zero attached hydrogens (tertiary/aromatic N) is 1. The van der Waals surface area contributed by atoms with Crippen LogP contribution in [0.25, 0.3) is 0 Å². The second-order valence-corrected chi connectivity index (χ2v) is 6.82. The van der Waals surface area contributed by atoms with Gasteiger partial charge in [0.05, 0.1) is 6.54 Å². The van der Waals surface area contributed by atoms with E-state index in [2.05, 4.69) is 15.9 Å². The molecule has 0 fully saturated rings. The van der Waals surface area contributed by atoms with Gasteiger partial charge in [-0.1, -0.05) is 45.8 Å². The Kier molecular flexibility index (Phi) is 5.19. The number of carbonyl (C=O) groups is 1. The Labute approximate surface area is 155 Å². The standard InChI is InChI=1S/C21H18BrNO2/c1-15-2-10-19(11-3-15)23(14-16-4-12-20(24)13-5-16)21(25)17-6-8-18(22)9-7-17/h2-13,24H,14H2,1H3. The van der Waals surface area contributed by atoms with Gasteiger partial charge in [0, 0.05) is 15.7 Å². The number of hydrogen-bond acceptors (Lipinski definition) is 2. The number of rotatable bonds is 4. The van der Waals surface area contributed by atoms with E-state index in [1.165, 1.54) is 0 Å². The Morgan fingerprint density at radius 2 is 1.52 bits per heavy atom. The molecule has 0 aliphatic heterocycles. The van der Waals surface area contributed by atoms with Gasteiger partial charge < -0.3 is 10.0 Å². The molecule has 0 saturated heterocycles. The maximum absolute atomic E-state index is 13.1. The first-order valence-corrected chi connectivity index (χ1v) is 8.74. The van der Waals surface area contributed by atoms with E-state index in [0.717, 1.165) is 21.3 Å². The third-order valence-corrected chi connectivity index (χ3v) is 4.49. The minimum absolute atomic E-state index is 0.0653. The predicted octanol–water partition coefficient (Wildman–Crippen LogP) is 5.31. The normalized spacial score (nSPS) is 10.5. The van der Waals surface area contributed by atoms with Crippen molar-refractivity contribution < 1.29 is 9.90 Å². The van der Waals surface area contributed by atoms with Crippen LogP contribution in [-0.4, -0.2) is 11.0 Å². The van der Waals surface area contributed by atoms with Gasteiger partial charge in [-0.05, 0) is 61.0 Å². The van der Waals surface area contributed by atoms with Gasteiger partial charge >= 0.3 is 0 Å². The van der Waals surface area contributed by atoms with Crippen molar-refractivity contribution in [1.82, 2.24) is 0 Å². The second kappa shape index (κ2) is 7.53. The molecule has 1 amide bonds. The Hall–Kier alpha value is -2.59. The fraction of sp³-hybridized carbons (Fsp3) is 0.0952. The fourth-order valence-corrected chi connectivity index (χ4v) is 2.80. The summed E-state index contributed by atoms with van der Waals surface area (Å²) in [5, 5.41) is 9.47. The molecular formula is C21H18BrNO2. The number of carbonyl (C=O) groups excluding carboxylic acids is 1. The molecule has 126 valence electrons. The molecular weight excluding hydrogens is 378 g/mol. The zero-order valence-corrected chi connectivity index (χ0v) is 15.4. The summed E-state index contributed by atoms with van der Waals surface area (Å²) in [7, 11) is 0. The van der Waals surface area contributed by atoms with E-state index < -0.39 is 0 Å². The van der Waals surface area contributed by atoms with Gasteiger partial charge in [-0.15, -0.1) is 0 Å². The SMILES string of the molecule is Cc1ccc(N(Cc2ccc(O)cc2)C(=O)c2ccc(Br)cc2)cc1. The molecule has 0 atom stereocenters. The third kappa shape index (κ3) is 4.28. The van der Waals surface area contributed by atoms with Gasteiger partial charge in [0.2, 0.25) is 0 Å². The molecule has 0 radical (unpaired) electrons. The Balaban J connectivity index is 1.95. The van der Waals surface area contributed by atoms with Crippen LogP contribution in [0.4, 0.5) is 5.69 Å². The van der Waals surface area contributed by atoms with Crippen molar-refractivity contribution in [2.24, 2.45) is 0 Å². The van der Waals surface area contributed by atoms with E-state index in [1.807, 2.05) is 67.6 Å². The lowest BCUT2D eigenvalue weighted by Crippen LogP contribution is -2.30. The van der Waals surface area contributed by atoms with Crippen LogP contribution in [0.5, 0.6) is 5.75 Å². The molecule has 3 aromatic carbocycles. The number of phenols is 1. The number of halogens is 1. The quantitative estimate of drug-likeness (QED) is 0.649. The van der Waals surface area contributed by atoms with E-state index in [1.54, 1.807) is 17.0 Å². The molecule has 0 aliphatic rings. The maximum atomic E-state index is 13.1. The first kappa shape index (κ1) is 17.2. The van der Waals surface area contributed by atoms with Gasteiger partial charge in [-0.2, -0.15) is 0 Å². The van der Waals surface area contributed by atoms with Crippen LogP contribution in [0, 0.1) is 6.92 Å². The van der Waals surface area contributed by atoms with Crippen molar-refractivity contribution in [2.45, 2.75) is 13.5 Å². The highest BCUT2D eigenvalue weighted by molar-refractivity contribution is 9.10. The summed E-state index contributed by atoms with van der Waals surface area (Å²) in [4.78, 5) is 14.8. The van der Waals surface area contributed by atoms with Crippen LogP contribution < -0.4 is 4.90 Å². The molecule has 3 nitrogen and oxygen atoms in total. The van der Waals surface area contributed by atoms with E-state index in [0.29, 0.717) is 12.1 Å². The minimum atomic E-state index is -0.0653. The lowest BCUT2D eigenvalue weighted by Gasteiger charge is -2.23. The van der Waals surface area contributed by atoms with Crippen molar-refractivity contribution in [3.05, 3.63) is 94.0 Å². The molecule has 0 heterocycles. The van der Waals surface area contributed by atoms with Gasteiger partial charge in [0.25, 0.3) is 5.91 Å². The molecule has 1 N–H and O–H groups in total. The molecule has 0 spiro atoms. The molecule has 4 heteroatoms. The maximum Gasteiger partial charge on any atom is 0.258 e. The highest BCUT2D eigenvalue weighted by Gasteiger charge is 2.18. The number of anilines is 1. The molecule has 3 rings (SSSR count). The molecule has 0 aliphatic carbocycles. The average molecular weight is 396 g/mol. The van der Waals surface area contributed by atoms with Crippen LogP contribution in [0.2, 0.25) is 0 Å². The summed E-state index contributed by atoms with van der Waals surface area (Å²) in [6.07, 6.45) is 0. The predicted molar refractivity (Wildman–Crippen MR) is 104 cm³/mol. The molecule has 0 saturated carbocycles. The molecule has 0 bridgehead atoms. The van der Waals surface area contributed by atoms with E-state index in [-0.39, 0.29) is 11.7 Å². The smallest absolute Gasteiger partial charge is 0.258 e. The number of aryl methyl sites for hydroxylation is 1. The van der Waals surface area contributed by atoms with Crippen molar-refractivity contribution in [3.8, 4) is 5.75 Å². The Bertz CT molecular complexity index is 856. The van der Waals surface area contributed by atoms with Crippen LogP contribution in [0.1, 0.15) is 21.5 Å². The number of aromatic hydroxyl groups is 1. The highest BCUT2D eigenvalue weighted by Crippen LogP contribution is 2.22. The fourth-order valence-electron chi connectivity index (χ4n) is 2.54. The molecule has 3 aromatic rings. The number of amides is 1. The van der Waals surface area contributed by atoms with Gasteiger partial charge in [0.1, 0.15) is 5.75 Å². The molecule has 25 heavy (non-hydrogen) atoms. The number of phenolic OH excluding ortho intramolecular Hbond substituents is 1. The van der Waals surface area contributed by atoms with Crippen LogP contribution in [-0.2, 0) is 6.54 Å². The van der Waals surface area contributed by atoms with Gasteiger partial charge in [-0.25, -0.2) is 0 Å². The van der Waals surface area contributed by atoms with Crippen LogP contribution in [0.15, 0.2) is 77.3 Å². The van der Waals surface area contributed by atoms with Crippen LogP contribution in [0.3, 0.4) is 0 Å². The monoisotopic (exact) mass is 395 g/mol. The van der Waals surface area contributed by atoms with Crippen LogP contribution >= 0.6 is 15.9 Å². The summed E-state index contributed by atoms with van der Waals surface area (Å²) < 4.78 is 0.935. The zero-order valence-electron chi connectivity index (χ0n) is 13.8. The van der Waals surface area contributed by atoms with Crippen molar-refractivity contribution in [3.63, 3.8) is 0 Å². The largest absolute Gasteiger partial charge is 0.508 e. The first-order chi connectivity index (χ1) is 12.0. The molecule has 0 unspecified atom stereocenters. The molecule has 0 aromatic heterocycles. The Morgan fingerprint density at radius 3 is 2.12 bits per heavy atom. The average Bonchev–Trinajstić information content (AvgIpc) is 2.62. The summed E-state index contributed by atoms with van der Waals surface area (Å²) in [6.45, 7) is 2.45. The number of benzene rings is 3. The summed E-state index contributed by atoms with van der Waals surface area (Å²) in [5.41, 5.74) is 3.56. The highest BCUT2D eigenvalue weighted by atomic mass is 79.9. The third-order valence-electron chi connectivity index (χ3n) is 3.96. The minimum Gasteiger partial charge on any atom is -0.508 e. The lowest BCUT2D eigenvalue weighted by atomic mass is 10.1. The van der Waals surface area contributed by atoms with Crippen molar-refractivity contribution in [2.75, 3.05) is 4.90 Å². The van der Waals surface area contributed by atoms with E-state index >= 15 is 0 Å². The van der Waals surface area contributed by atoms with E-state index in [4.69, 9.17) is 0 Å². The number of hydrogen-bond donors (Lipinski definition) is 1. The zero-order chi connectivity index (χ0) is 17.8. The van der Waals surface area contributed by atoms with Crippen molar-refractivity contribution >= 4 is 27.5 Å². The van der Waals surface area contributed by atoms with E-state index in [9.17, 15) is 9.90 Å². The topological polar surface area (TPSA) is 40.5 Å². The van der Waals surface area contributed by atoms with Gasteiger partial charge in [-0.3, -0.25) is 4.79 Å². The Morgan fingerprint density at radius 1 is 0.920 bits per heavy atom. The first-order valence-electron chi connectivity index (χ1n) is 7.95. The van der Waals surface area contributed by atoms with Crippen molar-refractivity contribution in [1.29, 1.82) is 0 Å². The second-order valence-electron chi connectivity index (χ2n) is 5.90. The summed E-state index contributed by atoms with van der Waals surface area (Å²) in [5.74, 6) is 0.148. The van der Waals surface area contributed by atoms with Gasteiger partial charge in [0.15, 0.2) is 0 Å². The summed E-state index contributed by atoms with van der Waals surface area (Å²) in [6, 6.07) is 22.1.